The number of amides is 1. The number of carbonyl (C=O) groups is 2. The number of aromatic nitrogens is 2. The van der Waals surface area contributed by atoms with E-state index in [0.717, 1.165) is 12.1 Å². The number of benzene rings is 3. The lowest BCUT2D eigenvalue weighted by molar-refractivity contribution is -0.117. The van der Waals surface area contributed by atoms with E-state index in [2.05, 4.69) is 4.98 Å². The highest BCUT2D eigenvalue weighted by atomic mass is 35.5. The number of thioether (sulfide) groups is 1. The highest BCUT2D eigenvalue weighted by Gasteiger charge is 2.23. The molecule has 1 aromatic heterocycles. The average molecular weight is 490 g/mol. The maximum Gasteiger partial charge on any atom is 0.266 e. The number of rotatable bonds is 6. The fraction of sp³-hybridized carbons (Fsp3) is 0.154. The largest absolute Gasteiger partial charge is 0.312 e. The molecule has 170 valence electrons. The Kier molecular flexibility index (Phi) is 6.22. The van der Waals surface area contributed by atoms with Crippen LogP contribution in [0.3, 0.4) is 0 Å². The third kappa shape index (κ3) is 4.24. The van der Waals surface area contributed by atoms with E-state index in [-0.39, 0.29) is 23.0 Å². The van der Waals surface area contributed by atoms with Crippen LogP contribution in [0.1, 0.15) is 23.2 Å². The molecule has 1 saturated heterocycles. The van der Waals surface area contributed by atoms with Gasteiger partial charge in [-0.3, -0.25) is 19.0 Å². The number of halogens is 1. The van der Waals surface area contributed by atoms with E-state index in [1.165, 1.54) is 16.3 Å². The number of anilines is 1. The van der Waals surface area contributed by atoms with E-state index in [1.54, 1.807) is 65.6 Å². The van der Waals surface area contributed by atoms with Crippen molar-refractivity contribution in [2.24, 2.45) is 0 Å². The van der Waals surface area contributed by atoms with E-state index in [0.29, 0.717) is 45.3 Å². The normalized spacial score (nSPS) is 13.6. The third-order valence-electron chi connectivity index (χ3n) is 5.72. The van der Waals surface area contributed by atoms with Gasteiger partial charge in [-0.1, -0.05) is 59.8 Å². The van der Waals surface area contributed by atoms with Gasteiger partial charge in [0.05, 0.1) is 27.4 Å². The van der Waals surface area contributed by atoms with Crippen LogP contribution >= 0.6 is 23.4 Å². The second kappa shape index (κ2) is 9.44. The molecule has 1 aliphatic rings. The molecule has 0 bridgehead atoms. The van der Waals surface area contributed by atoms with Crippen molar-refractivity contribution in [3.8, 4) is 5.69 Å². The van der Waals surface area contributed by atoms with Crippen molar-refractivity contribution in [3.63, 3.8) is 0 Å². The molecule has 1 aliphatic heterocycles. The molecule has 3 aromatic carbocycles. The Morgan fingerprint density at radius 2 is 1.79 bits per heavy atom. The molecule has 5 rings (SSSR count). The fourth-order valence-corrected chi connectivity index (χ4v) is 5.16. The van der Waals surface area contributed by atoms with Gasteiger partial charge in [0.2, 0.25) is 5.91 Å². The van der Waals surface area contributed by atoms with Crippen molar-refractivity contribution in [2.45, 2.75) is 18.0 Å². The summed E-state index contributed by atoms with van der Waals surface area (Å²) in [7, 11) is 0. The van der Waals surface area contributed by atoms with Crippen LogP contribution in [0.5, 0.6) is 0 Å². The van der Waals surface area contributed by atoms with E-state index >= 15 is 0 Å². The molecule has 2 heterocycles. The quantitative estimate of drug-likeness (QED) is 0.213. The number of fused-ring (bicyclic) bond motifs is 1. The molecule has 0 atom stereocenters. The van der Waals surface area contributed by atoms with Gasteiger partial charge in [-0.05, 0) is 42.8 Å². The van der Waals surface area contributed by atoms with Gasteiger partial charge in [0, 0.05) is 24.2 Å². The SMILES string of the molecule is O=C(CSc1nc2ccccc2c(=O)n1-c1ccccc1Cl)c1cccc(N2CCCC2=O)c1. The second-order valence-electron chi connectivity index (χ2n) is 7.91. The summed E-state index contributed by atoms with van der Waals surface area (Å²) >= 11 is 7.59. The summed E-state index contributed by atoms with van der Waals surface area (Å²) in [5.74, 6) is 0.0295. The van der Waals surface area contributed by atoms with Gasteiger partial charge in [-0.15, -0.1) is 0 Å². The first-order chi connectivity index (χ1) is 16.5. The predicted octanol–water partition coefficient (Wildman–Crippen LogP) is 5.14. The van der Waals surface area contributed by atoms with Gasteiger partial charge in [-0.2, -0.15) is 0 Å². The molecule has 0 spiro atoms. The van der Waals surface area contributed by atoms with Crippen LogP contribution in [-0.2, 0) is 4.79 Å². The van der Waals surface area contributed by atoms with Gasteiger partial charge < -0.3 is 4.90 Å². The van der Waals surface area contributed by atoms with Crippen LogP contribution in [0.25, 0.3) is 16.6 Å². The number of Topliss-reactive ketones (excluding diaryl/α,β-unsaturated/α-hetero) is 1. The lowest BCUT2D eigenvalue weighted by Gasteiger charge is -2.16. The van der Waals surface area contributed by atoms with Gasteiger partial charge in [0.15, 0.2) is 10.9 Å². The van der Waals surface area contributed by atoms with Gasteiger partial charge >= 0.3 is 0 Å². The van der Waals surface area contributed by atoms with Gasteiger partial charge in [-0.25, -0.2) is 4.98 Å². The summed E-state index contributed by atoms with van der Waals surface area (Å²) in [5, 5.41) is 1.27. The number of ketones is 1. The zero-order valence-corrected chi connectivity index (χ0v) is 19.7. The first-order valence-corrected chi connectivity index (χ1v) is 12.2. The lowest BCUT2D eigenvalue weighted by atomic mass is 10.1. The molecule has 0 saturated carbocycles. The molecule has 1 amide bonds. The monoisotopic (exact) mass is 489 g/mol. The highest BCUT2D eigenvalue weighted by Crippen LogP contribution is 2.27. The second-order valence-corrected chi connectivity index (χ2v) is 9.26. The Morgan fingerprint density at radius 3 is 2.59 bits per heavy atom. The molecule has 8 heteroatoms. The summed E-state index contributed by atoms with van der Waals surface area (Å²) in [6.07, 6.45) is 1.35. The third-order valence-corrected chi connectivity index (χ3v) is 6.98. The first-order valence-electron chi connectivity index (χ1n) is 10.9. The fourth-order valence-electron chi connectivity index (χ4n) is 4.04. The molecule has 0 unspecified atom stereocenters. The number of para-hydroxylation sites is 2. The molecule has 6 nitrogen and oxygen atoms in total. The van der Waals surface area contributed by atoms with Crippen molar-refractivity contribution >= 4 is 51.6 Å². The summed E-state index contributed by atoms with van der Waals surface area (Å²) < 4.78 is 1.46. The van der Waals surface area contributed by atoms with Crippen LogP contribution in [0.15, 0.2) is 82.7 Å². The summed E-state index contributed by atoms with van der Waals surface area (Å²) in [4.78, 5) is 44.9. The minimum atomic E-state index is -0.247. The van der Waals surface area contributed by atoms with Crippen molar-refractivity contribution in [2.75, 3.05) is 17.2 Å². The summed E-state index contributed by atoms with van der Waals surface area (Å²) in [6, 6.07) is 21.3. The minimum absolute atomic E-state index is 0.0723. The molecule has 0 radical (unpaired) electrons. The zero-order chi connectivity index (χ0) is 23.7. The van der Waals surface area contributed by atoms with Crippen molar-refractivity contribution in [3.05, 3.63) is 93.7 Å². The van der Waals surface area contributed by atoms with Crippen molar-refractivity contribution < 1.29 is 9.59 Å². The highest BCUT2D eigenvalue weighted by molar-refractivity contribution is 7.99. The van der Waals surface area contributed by atoms with E-state index in [1.807, 2.05) is 12.1 Å². The van der Waals surface area contributed by atoms with E-state index in [4.69, 9.17) is 11.6 Å². The van der Waals surface area contributed by atoms with Crippen LogP contribution < -0.4 is 10.5 Å². The molecule has 4 aromatic rings. The zero-order valence-electron chi connectivity index (χ0n) is 18.1. The Labute approximate surface area is 205 Å². The number of nitrogens with zero attached hydrogens (tertiary/aromatic N) is 3. The maximum absolute atomic E-state index is 13.4. The Balaban J connectivity index is 1.48. The summed E-state index contributed by atoms with van der Waals surface area (Å²) in [6.45, 7) is 0.663. The molecule has 0 N–H and O–H groups in total. The first kappa shape index (κ1) is 22.4. The van der Waals surface area contributed by atoms with Gasteiger partial charge in [0.25, 0.3) is 5.56 Å². The number of carbonyl (C=O) groups excluding carboxylic acids is 2. The summed E-state index contributed by atoms with van der Waals surface area (Å²) in [5.41, 5.74) is 2.06. The molecule has 1 fully saturated rings. The molecule has 0 aliphatic carbocycles. The van der Waals surface area contributed by atoms with Crippen LogP contribution in [0.4, 0.5) is 5.69 Å². The van der Waals surface area contributed by atoms with Crippen LogP contribution in [-0.4, -0.2) is 33.5 Å². The van der Waals surface area contributed by atoms with Gasteiger partial charge in [0.1, 0.15) is 0 Å². The van der Waals surface area contributed by atoms with Crippen LogP contribution in [0, 0.1) is 0 Å². The maximum atomic E-state index is 13.4. The minimum Gasteiger partial charge on any atom is -0.312 e. The Bertz CT molecular complexity index is 1480. The van der Waals surface area contributed by atoms with Crippen molar-refractivity contribution in [1.29, 1.82) is 0 Å². The van der Waals surface area contributed by atoms with E-state index < -0.39 is 0 Å². The van der Waals surface area contributed by atoms with Crippen LogP contribution in [0.2, 0.25) is 5.02 Å². The lowest BCUT2D eigenvalue weighted by Crippen LogP contribution is -2.24. The topological polar surface area (TPSA) is 72.3 Å². The molecular weight excluding hydrogens is 470 g/mol. The number of hydrogen-bond acceptors (Lipinski definition) is 5. The smallest absolute Gasteiger partial charge is 0.266 e. The molecular formula is C26H20ClN3O3S. The molecule has 34 heavy (non-hydrogen) atoms. The standard InChI is InChI=1S/C26H20ClN3O3S/c27-20-10-2-4-12-22(20)30-25(33)19-9-1-3-11-21(19)28-26(30)34-16-23(31)17-7-5-8-18(15-17)29-14-6-13-24(29)32/h1-5,7-12,15H,6,13-14,16H2. The predicted molar refractivity (Wildman–Crippen MR) is 135 cm³/mol. The van der Waals surface area contributed by atoms with E-state index in [9.17, 15) is 14.4 Å². The average Bonchev–Trinajstić information content (AvgIpc) is 3.29. The number of hydrogen-bond donors (Lipinski definition) is 0. The van der Waals surface area contributed by atoms with Crippen molar-refractivity contribution in [1.82, 2.24) is 9.55 Å². The Morgan fingerprint density at radius 1 is 1.00 bits per heavy atom. The Hall–Kier alpha value is -3.42.